The first-order valence-corrected chi connectivity index (χ1v) is 9.15. The summed E-state index contributed by atoms with van der Waals surface area (Å²) in [7, 11) is 1.62. The molecule has 2 aromatic rings. The minimum absolute atomic E-state index is 0.334. The minimum atomic E-state index is -0.420. The molecule has 0 fully saturated rings. The van der Waals surface area contributed by atoms with Crippen LogP contribution in [0.1, 0.15) is 18.9 Å². The van der Waals surface area contributed by atoms with Crippen LogP contribution in [0.4, 0.5) is 25.8 Å². The van der Waals surface area contributed by atoms with Crippen molar-refractivity contribution in [2.45, 2.75) is 13.3 Å². The summed E-state index contributed by atoms with van der Waals surface area (Å²) in [5, 5.41) is 5.57. The standard InChI is InChI=1S/C21H23F2N3O2/c1-3-8-26(9-10-28-2)20-7-5-15(12-18(20)23)24-13-17-16-6-4-14(22)11-19(16)25-21(17)27/h4-7,11-13,24H,3,8-10H2,1-2H3,(H,25,27). The molecule has 0 aromatic heterocycles. The lowest BCUT2D eigenvalue weighted by Crippen LogP contribution is -2.28. The summed E-state index contributed by atoms with van der Waals surface area (Å²) in [6.07, 6.45) is 2.40. The molecule has 0 unspecified atom stereocenters. The smallest absolute Gasteiger partial charge is 0.257 e. The average molecular weight is 387 g/mol. The Balaban J connectivity index is 1.78. The van der Waals surface area contributed by atoms with Crippen molar-refractivity contribution in [1.82, 2.24) is 0 Å². The number of amides is 1. The van der Waals surface area contributed by atoms with Gasteiger partial charge in [-0.3, -0.25) is 4.79 Å². The first kappa shape index (κ1) is 19.8. The molecule has 1 amide bonds. The van der Waals surface area contributed by atoms with Crippen molar-refractivity contribution in [2.75, 3.05) is 42.3 Å². The second-order valence-electron chi connectivity index (χ2n) is 6.49. The Morgan fingerprint density at radius 2 is 2.00 bits per heavy atom. The van der Waals surface area contributed by atoms with Crippen molar-refractivity contribution in [3.63, 3.8) is 0 Å². The van der Waals surface area contributed by atoms with E-state index < -0.39 is 5.82 Å². The average Bonchev–Trinajstić information content (AvgIpc) is 2.98. The van der Waals surface area contributed by atoms with Crippen LogP contribution in [-0.2, 0) is 9.53 Å². The summed E-state index contributed by atoms with van der Waals surface area (Å²) >= 11 is 0. The Morgan fingerprint density at radius 3 is 2.71 bits per heavy atom. The maximum Gasteiger partial charge on any atom is 0.257 e. The van der Waals surface area contributed by atoms with Gasteiger partial charge in [0.25, 0.3) is 5.91 Å². The third kappa shape index (κ3) is 4.31. The highest BCUT2D eigenvalue weighted by molar-refractivity contribution is 6.31. The largest absolute Gasteiger partial charge is 0.383 e. The van der Waals surface area contributed by atoms with E-state index in [9.17, 15) is 13.6 Å². The highest BCUT2D eigenvalue weighted by atomic mass is 19.1. The molecule has 2 aromatic carbocycles. The lowest BCUT2D eigenvalue weighted by atomic mass is 10.1. The predicted octanol–water partition coefficient (Wildman–Crippen LogP) is 4.23. The molecule has 0 atom stereocenters. The zero-order chi connectivity index (χ0) is 20.1. The molecule has 1 aliphatic heterocycles. The molecule has 7 heteroatoms. The molecular formula is C21H23F2N3O2. The molecule has 0 aliphatic carbocycles. The second-order valence-corrected chi connectivity index (χ2v) is 6.49. The van der Waals surface area contributed by atoms with E-state index >= 15 is 0 Å². The quantitative estimate of drug-likeness (QED) is 0.666. The van der Waals surface area contributed by atoms with Gasteiger partial charge in [0.05, 0.1) is 23.6 Å². The van der Waals surface area contributed by atoms with Crippen molar-refractivity contribution >= 4 is 28.5 Å². The number of carbonyl (C=O) groups excluding carboxylic acids is 1. The van der Waals surface area contributed by atoms with E-state index in [2.05, 4.69) is 10.6 Å². The maximum atomic E-state index is 14.6. The lowest BCUT2D eigenvalue weighted by Gasteiger charge is -2.24. The summed E-state index contributed by atoms with van der Waals surface area (Å²) < 4.78 is 33.1. The van der Waals surface area contributed by atoms with Crippen LogP contribution < -0.4 is 15.5 Å². The zero-order valence-electron chi connectivity index (χ0n) is 15.9. The molecule has 0 spiro atoms. The molecular weight excluding hydrogens is 364 g/mol. The molecule has 1 heterocycles. The number of hydrogen-bond donors (Lipinski definition) is 2. The number of nitrogens with one attached hydrogen (secondary N) is 2. The molecule has 148 valence electrons. The SMILES string of the molecule is CCCN(CCOC)c1ccc(NC=C2C(=O)Nc3cc(F)ccc32)cc1F. The van der Waals surface area contributed by atoms with Crippen molar-refractivity contribution in [1.29, 1.82) is 0 Å². The number of halogens is 2. The molecule has 28 heavy (non-hydrogen) atoms. The number of ether oxygens (including phenoxy) is 1. The number of benzene rings is 2. The summed E-state index contributed by atoms with van der Waals surface area (Å²) in [6.45, 7) is 3.88. The summed E-state index contributed by atoms with van der Waals surface area (Å²) in [6, 6.07) is 8.95. The van der Waals surface area contributed by atoms with Crippen LogP contribution in [0.25, 0.3) is 5.57 Å². The van der Waals surface area contributed by atoms with Gasteiger partial charge in [0.1, 0.15) is 11.6 Å². The summed E-state index contributed by atoms with van der Waals surface area (Å²) in [5.74, 6) is -1.11. The number of carbonyl (C=O) groups is 1. The van der Waals surface area contributed by atoms with E-state index in [1.807, 2.05) is 11.8 Å². The molecule has 2 N–H and O–H groups in total. The van der Waals surface area contributed by atoms with E-state index in [0.29, 0.717) is 41.4 Å². The Kier molecular flexibility index (Phi) is 6.26. The molecule has 0 radical (unpaired) electrons. The number of rotatable bonds is 8. The van der Waals surface area contributed by atoms with Crippen molar-refractivity contribution in [2.24, 2.45) is 0 Å². The molecule has 1 aliphatic rings. The molecule has 5 nitrogen and oxygen atoms in total. The number of nitrogens with zero attached hydrogens (tertiary/aromatic N) is 1. The highest BCUT2D eigenvalue weighted by Crippen LogP contribution is 2.32. The van der Waals surface area contributed by atoms with Crippen molar-refractivity contribution in [3.05, 3.63) is 59.8 Å². The Bertz CT molecular complexity index is 899. The summed E-state index contributed by atoms with van der Waals surface area (Å²) in [5.41, 5.74) is 2.42. The van der Waals surface area contributed by atoms with Crippen molar-refractivity contribution in [3.8, 4) is 0 Å². The Hall–Kier alpha value is -2.93. The van der Waals surface area contributed by atoms with Crippen LogP contribution >= 0.6 is 0 Å². The van der Waals surface area contributed by atoms with Crippen LogP contribution in [-0.4, -0.2) is 32.7 Å². The van der Waals surface area contributed by atoms with Gasteiger partial charge < -0.3 is 20.3 Å². The lowest BCUT2D eigenvalue weighted by molar-refractivity contribution is -0.110. The van der Waals surface area contributed by atoms with Crippen LogP contribution in [0.15, 0.2) is 42.6 Å². The first-order chi connectivity index (χ1) is 13.5. The van der Waals surface area contributed by atoms with Crippen molar-refractivity contribution < 1.29 is 18.3 Å². The predicted molar refractivity (Wildman–Crippen MR) is 107 cm³/mol. The Morgan fingerprint density at radius 1 is 1.18 bits per heavy atom. The van der Waals surface area contributed by atoms with E-state index in [-0.39, 0.29) is 11.7 Å². The number of anilines is 3. The van der Waals surface area contributed by atoms with E-state index in [1.165, 1.54) is 30.5 Å². The van der Waals surface area contributed by atoms with Gasteiger partial charge >= 0.3 is 0 Å². The van der Waals surface area contributed by atoms with E-state index in [1.54, 1.807) is 19.2 Å². The fourth-order valence-corrected chi connectivity index (χ4v) is 3.14. The molecule has 3 rings (SSSR count). The van der Waals surface area contributed by atoms with Crippen LogP contribution in [0.3, 0.4) is 0 Å². The maximum absolute atomic E-state index is 14.6. The van der Waals surface area contributed by atoms with Gasteiger partial charge in [-0.25, -0.2) is 8.78 Å². The van der Waals surface area contributed by atoms with Gasteiger partial charge in [0.15, 0.2) is 0 Å². The first-order valence-electron chi connectivity index (χ1n) is 9.15. The fraction of sp³-hybridized carbons (Fsp3) is 0.286. The number of methoxy groups -OCH3 is 1. The minimum Gasteiger partial charge on any atom is -0.383 e. The fourth-order valence-electron chi connectivity index (χ4n) is 3.14. The number of hydrogen-bond acceptors (Lipinski definition) is 4. The summed E-state index contributed by atoms with van der Waals surface area (Å²) in [4.78, 5) is 14.1. The third-order valence-electron chi connectivity index (χ3n) is 4.50. The molecule has 0 saturated heterocycles. The molecule has 0 saturated carbocycles. The highest BCUT2D eigenvalue weighted by Gasteiger charge is 2.24. The monoisotopic (exact) mass is 387 g/mol. The van der Waals surface area contributed by atoms with Gasteiger partial charge in [0.2, 0.25) is 0 Å². The van der Waals surface area contributed by atoms with Gasteiger partial charge in [-0.15, -0.1) is 0 Å². The van der Waals surface area contributed by atoms with Gasteiger partial charge in [-0.1, -0.05) is 6.92 Å². The second kappa shape index (κ2) is 8.84. The van der Waals surface area contributed by atoms with E-state index in [4.69, 9.17) is 4.74 Å². The van der Waals surface area contributed by atoms with Crippen LogP contribution in [0, 0.1) is 11.6 Å². The van der Waals surface area contributed by atoms with Gasteiger partial charge in [-0.05, 0) is 42.8 Å². The van der Waals surface area contributed by atoms with Gasteiger partial charge in [0, 0.05) is 37.7 Å². The van der Waals surface area contributed by atoms with Crippen LogP contribution in [0.5, 0.6) is 0 Å². The molecule has 0 bridgehead atoms. The van der Waals surface area contributed by atoms with E-state index in [0.717, 1.165) is 13.0 Å². The normalized spacial score (nSPS) is 14.1. The zero-order valence-corrected chi connectivity index (χ0v) is 15.9. The topological polar surface area (TPSA) is 53.6 Å². The van der Waals surface area contributed by atoms with Gasteiger partial charge in [-0.2, -0.15) is 0 Å². The van der Waals surface area contributed by atoms with Crippen LogP contribution in [0.2, 0.25) is 0 Å². The number of fused-ring (bicyclic) bond motifs is 1. The third-order valence-corrected chi connectivity index (χ3v) is 4.50. The Labute approximate surface area is 163 Å².